The van der Waals surface area contributed by atoms with E-state index in [4.69, 9.17) is 16.3 Å². The Morgan fingerprint density at radius 2 is 1.71 bits per heavy atom. The van der Waals surface area contributed by atoms with Crippen LogP contribution in [0.5, 0.6) is 0 Å². The van der Waals surface area contributed by atoms with Gasteiger partial charge in [0.25, 0.3) is 0 Å². The number of rotatable bonds is 4. The highest BCUT2D eigenvalue weighted by atomic mass is 35.5. The number of fused-ring (bicyclic) bond motifs is 3. The van der Waals surface area contributed by atoms with E-state index in [-0.39, 0.29) is 5.91 Å². The van der Waals surface area contributed by atoms with Gasteiger partial charge in [0.1, 0.15) is 6.04 Å². The van der Waals surface area contributed by atoms with Gasteiger partial charge in [0.05, 0.1) is 19.2 Å². The van der Waals surface area contributed by atoms with Gasteiger partial charge in [-0.1, -0.05) is 66.2 Å². The fraction of sp³-hybridized carbons (Fsp3) is 0.179. The Kier molecular flexibility index (Phi) is 5.80. The Labute approximate surface area is 208 Å². The summed E-state index contributed by atoms with van der Waals surface area (Å²) in [7, 11) is 1.28. The number of nitrogens with one attached hydrogen (secondary N) is 1. The van der Waals surface area contributed by atoms with Crippen LogP contribution in [0, 0.1) is 16.7 Å². The van der Waals surface area contributed by atoms with Crippen molar-refractivity contribution in [1.82, 2.24) is 4.90 Å². The van der Waals surface area contributed by atoms with Crippen LogP contribution in [0.4, 0.5) is 5.69 Å². The minimum absolute atomic E-state index is 0.337. The van der Waals surface area contributed by atoms with Crippen molar-refractivity contribution in [2.45, 2.75) is 18.0 Å². The van der Waals surface area contributed by atoms with Gasteiger partial charge in [-0.25, -0.2) is 0 Å². The van der Waals surface area contributed by atoms with Gasteiger partial charge in [0.2, 0.25) is 5.91 Å². The maximum Gasteiger partial charge on any atom is 0.329 e. The van der Waals surface area contributed by atoms with Crippen molar-refractivity contribution in [2.24, 2.45) is 5.41 Å². The number of amides is 1. The van der Waals surface area contributed by atoms with E-state index in [9.17, 15) is 14.9 Å². The van der Waals surface area contributed by atoms with Crippen LogP contribution >= 0.6 is 11.6 Å². The highest BCUT2D eigenvalue weighted by Crippen LogP contribution is 2.60. The third-order valence-corrected chi connectivity index (χ3v) is 7.07. The van der Waals surface area contributed by atoms with Crippen molar-refractivity contribution in [3.8, 4) is 6.07 Å². The first kappa shape index (κ1) is 22.7. The normalized spacial score (nSPS) is 24.1. The number of anilines is 1. The molecule has 174 valence electrons. The molecule has 1 saturated heterocycles. The number of carbonyl (C=O) groups is 2. The molecule has 0 aliphatic carbocycles. The smallest absolute Gasteiger partial charge is 0.329 e. The van der Waals surface area contributed by atoms with Crippen LogP contribution < -0.4 is 5.32 Å². The van der Waals surface area contributed by atoms with Crippen molar-refractivity contribution in [2.75, 3.05) is 12.4 Å². The zero-order valence-corrected chi connectivity index (χ0v) is 19.6. The lowest BCUT2D eigenvalue weighted by Gasteiger charge is -2.35. The lowest BCUT2D eigenvalue weighted by atomic mass is 9.67. The largest absolute Gasteiger partial charge is 0.468 e. The molecule has 0 saturated carbocycles. The predicted octanol–water partition coefficient (Wildman–Crippen LogP) is 5.16. The highest BCUT2D eigenvalue weighted by molar-refractivity contribution is 6.30. The van der Waals surface area contributed by atoms with Gasteiger partial charge >= 0.3 is 5.97 Å². The fourth-order valence-corrected chi connectivity index (χ4v) is 5.50. The van der Waals surface area contributed by atoms with Gasteiger partial charge in [-0.15, -0.1) is 0 Å². The van der Waals surface area contributed by atoms with Crippen molar-refractivity contribution in [3.05, 3.63) is 107 Å². The number of esters is 1. The summed E-state index contributed by atoms with van der Waals surface area (Å²) in [6, 6.07) is 24.4. The van der Waals surface area contributed by atoms with E-state index in [0.29, 0.717) is 16.3 Å². The van der Waals surface area contributed by atoms with Gasteiger partial charge in [-0.3, -0.25) is 9.59 Å². The summed E-state index contributed by atoms with van der Waals surface area (Å²) in [6.45, 7) is 0. The van der Waals surface area contributed by atoms with Crippen LogP contribution in [0.2, 0.25) is 5.02 Å². The molecule has 1 N–H and O–H groups in total. The number of benzene rings is 3. The molecule has 0 bridgehead atoms. The number of nitriles is 1. The van der Waals surface area contributed by atoms with E-state index in [1.165, 1.54) is 7.11 Å². The van der Waals surface area contributed by atoms with Crippen LogP contribution in [0.15, 0.2) is 85.1 Å². The molecule has 35 heavy (non-hydrogen) atoms. The number of halogens is 1. The third-order valence-electron chi connectivity index (χ3n) is 6.82. The molecular weight excluding hydrogens is 462 g/mol. The number of methoxy groups -OCH3 is 1. The molecule has 3 aromatic rings. The molecule has 2 aliphatic heterocycles. The van der Waals surface area contributed by atoms with E-state index < -0.39 is 29.4 Å². The minimum atomic E-state index is -1.67. The van der Waals surface area contributed by atoms with Gasteiger partial charge in [-0.05, 0) is 47.0 Å². The van der Waals surface area contributed by atoms with Crippen molar-refractivity contribution in [3.63, 3.8) is 0 Å². The topological polar surface area (TPSA) is 82.4 Å². The summed E-state index contributed by atoms with van der Waals surface area (Å²) >= 11 is 6.01. The number of hydrogen-bond acceptors (Lipinski definition) is 5. The van der Waals surface area contributed by atoms with Gasteiger partial charge < -0.3 is 15.0 Å². The Hall–Kier alpha value is -4.08. The number of ether oxygens (including phenoxy) is 1. The molecule has 1 fully saturated rings. The number of nitrogens with zero attached hydrogens (tertiary/aromatic N) is 2. The van der Waals surface area contributed by atoms with E-state index in [2.05, 4.69) is 11.4 Å². The quantitative estimate of drug-likeness (QED) is 0.518. The van der Waals surface area contributed by atoms with Crippen molar-refractivity contribution >= 4 is 35.2 Å². The summed E-state index contributed by atoms with van der Waals surface area (Å²) in [6.07, 6.45) is 3.71. The second kappa shape index (κ2) is 8.94. The summed E-state index contributed by atoms with van der Waals surface area (Å²) in [5.41, 5.74) is 1.29. The van der Waals surface area contributed by atoms with Gasteiger partial charge in [0, 0.05) is 22.8 Å². The predicted molar refractivity (Wildman–Crippen MR) is 133 cm³/mol. The molecule has 2 heterocycles. The minimum Gasteiger partial charge on any atom is -0.468 e. The van der Waals surface area contributed by atoms with Crippen LogP contribution in [-0.2, 0) is 14.3 Å². The fourth-order valence-electron chi connectivity index (χ4n) is 5.38. The number of carbonyl (C=O) groups excluding carboxylic acids is 2. The Balaban J connectivity index is 1.72. The van der Waals surface area contributed by atoms with Crippen LogP contribution in [0.1, 0.15) is 28.7 Å². The molecule has 4 atom stereocenters. The SMILES string of the molecule is COC(=O)[C@@]1(C#N)[C@H](c2ccccc2)[C@@H](C(=O)Nc2ccc(Cl)cc2)N2C=Cc3ccccc3[C@@H]21. The summed E-state index contributed by atoms with van der Waals surface area (Å²) in [5, 5.41) is 14.2. The summed E-state index contributed by atoms with van der Waals surface area (Å²) in [4.78, 5) is 29.2. The maximum atomic E-state index is 13.9. The second-order valence-electron chi connectivity index (χ2n) is 8.60. The van der Waals surface area contributed by atoms with Crippen molar-refractivity contribution < 1.29 is 14.3 Å². The zero-order valence-electron chi connectivity index (χ0n) is 18.9. The van der Waals surface area contributed by atoms with Crippen molar-refractivity contribution in [1.29, 1.82) is 5.26 Å². The average molecular weight is 484 g/mol. The summed E-state index contributed by atoms with van der Waals surface area (Å²) in [5.74, 6) is -1.80. The Morgan fingerprint density at radius 1 is 1.03 bits per heavy atom. The molecule has 0 aromatic heterocycles. The van der Waals surface area contributed by atoms with E-state index >= 15 is 0 Å². The average Bonchev–Trinajstić information content (AvgIpc) is 3.22. The molecule has 5 rings (SSSR count). The van der Waals surface area contributed by atoms with Crippen LogP contribution in [0.3, 0.4) is 0 Å². The molecule has 2 aliphatic rings. The lowest BCUT2D eigenvalue weighted by molar-refractivity contribution is -0.151. The molecular formula is C28H22ClN3O3. The second-order valence-corrected chi connectivity index (χ2v) is 9.03. The molecule has 1 amide bonds. The molecule has 7 heteroatoms. The monoisotopic (exact) mass is 483 g/mol. The highest BCUT2D eigenvalue weighted by Gasteiger charge is 2.67. The molecule has 3 aromatic carbocycles. The first-order chi connectivity index (χ1) is 17.0. The van der Waals surface area contributed by atoms with Gasteiger partial charge in [0.15, 0.2) is 5.41 Å². The maximum absolute atomic E-state index is 13.9. The molecule has 6 nitrogen and oxygen atoms in total. The first-order valence-electron chi connectivity index (χ1n) is 11.2. The van der Waals surface area contributed by atoms with E-state index in [1.807, 2.05) is 65.6 Å². The van der Waals surface area contributed by atoms with Crippen LogP contribution in [-0.4, -0.2) is 29.9 Å². The Morgan fingerprint density at radius 3 is 2.40 bits per heavy atom. The van der Waals surface area contributed by atoms with Crippen LogP contribution in [0.25, 0.3) is 6.08 Å². The number of hydrogen-bond donors (Lipinski definition) is 1. The first-order valence-corrected chi connectivity index (χ1v) is 11.5. The summed E-state index contributed by atoms with van der Waals surface area (Å²) < 4.78 is 5.25. The third kappa shape index (κ3) is 3.56. The Bertz CT molecular complexity index is 1350. The molecule has 0 radical (unpaired) electrons. The molecule has 0 spiro atoms. The van der Waals surface area contributed by atoms with Gasteiger partial charge in [-0.2, -0.15) is 5.26 Å². The van der Waals surface area contributed by atoms with E-state index in [1.54, 1.807) is 30.5 Å². The zero-order chi connectivity index (χ0) is 24.6. The standard InChI is InChI=1S/C28H22ClN3O3/c1-35-27(34)28(17-30)23(19-8-3-2-4-9-19)24(26(33)31-21-13-11-20(29)12-14-21)32-16-15-18-7-5-6-10-22(18)25(28)32/h2-16,23-25H,1H3,(H,31,33)/t23-,24+,25-,28+/m1/s1. The molecule has 0 unspecified atom stereocenters. The lowest BCUT2D eigenvalue weighted by Crippen LogP contribution is -2.42. The van der Waals surface area contributed by atoms with E-state index in [0.717, 1.165) is 11.1 Å².